The Kier molecular flexibility index (Phi) is 5.41. The molecule has 1 amide bonds. The van der Waals surface area contributed by atoms with Gasteiger partial charge >= 0.3 is 5.97 Å². The first-order valence-corrected chi connectivity index (χ1v) is 8.90. The van der Waals surface area contributed by atoms with E-state index in [2.05, 4.69) is 0 Å². The number of rotatable bonds is 4. The minimum atomic E-state index is -1.38. The van der Waals surface area contributed by atoms with Crippen LogP contribution in [0.25, 0.3) is 0 Å². The molecule has 1 aromatic rings. The zero-order chi connectivity index (χ0) is 18.0. The number of carboxylic acid groups (broad SMARTS) is 1. The van der Waals surface area contributed by atoms with Gasteiger partial charge in [0.2, 0.25) is 5.91 Å². The van der Waals surface area contributed by atoms with Crippen LogP contribution in [-0.2, 0) is 14.3 Å². The van der Waals surface area contributed by atoms with Crippen LogP contribution in [0.4, 0.5) is 0 Å². The minimum Gasteiger partial charge on any atom is -0.488 e. The number of aliphatic carboxylic acids is 1. The Labute approximate surface area is 155 Å². The third kappa shape index (κ3) is 3.71. The summed E-state index contributed by atoms with van der Waals surface area (Å²) in [5.41, 5.74) is -1.38. The molecule has 2 heterocycles. The molecule has 0 radical (unpaired) electrons. The fourth-order valence-corrected chi connectivity index (χ4v) is 3.58. The molecule has 1 N–H and O–H groups in total. The van der Waals surface area contributed by atoms with Gasteiger partial charge in [-0.2, -0.15) is 0 Å². The van der Waals surface area contributed by atoms with Gasteiger partial charge in [-0.05, 0) is 25.0 Å². The second-order valence-electron chi connectivity index (χ2n) is 6.36. The molecule has 136 valence electrons. The molecular formula is C17H19Cl2NO5. The van der Waals surface area contributed by atoms with Crippen LogP contribution in [0.1, 0.15) is 19.3 Å². The van der Waals surface area contributed by atoms with E-state index >= 15 is 0 Å². The molecule has 2 aliphatic rings. The van der Waals surface area contributed by atoms with Gasteiger partial charge in [0.15, 0.2) is 5.41 Å². The smallest absolute Gasteiger partial charge is 0.319 e. The van der Waals surface area contributed by atoms with E-state index in [1.165, 1.54) is 0 Å². The average molecular weight is 388 g/mol. The number of ether oxygens (including phenoxy) is 2. The van der Waals surface area contributed by atoms with E-state index < -0.39 is 11.4 Å². The lowest BCUT2D eigenvalue weighted by molar-refractivity contribution is -0.167. The standard InChI is InChI=1S/C17H19Cl2NO5/c18-13-2-1-11(9-14(13)19)25-12-3-6-20(10-12)15(21)17(16(22)23)4-7-24-8-5-17/h1-2,9,12H,3-8,10H2,(H,22,23). The molecule has 2 fully saturated rings. The summed E-state index contributed by atoms with van der Waals surface area (Å²) >= 11 is 11.9. The third-order valence-corrected chi connectivity index (χ3v) is 5.53. The Hall–Kier alpha value is -1.50. The molecule has 6 nitrogen and oxygen atoms in total. The van der Waals surface area contributed by atoms with Crippen LogP contribution >= 0.6 is 23.2 Å². The highest BCUT2D eigenvalue weighted by atomic mass is 35.5. The summed E-state index contributed by atoms with van der Waals surface area (Å²) in [4.78, 5) is 26.2. The predicted octanol–water partition coefficient (Wildman–Crippen LogP) is 2.85. The second-order valence-corrected chi connectivity index (χ2v) is 7.17. The summed E-state index contributed by atoms with van der Waals surface area (Å²) in [5, 5.41) is 10.5. The molecule has 1 unspecified atom stereocenters. The van der Waals surface area contributed by atoms with E-state index in [1.54, 1.807) is 23.1 Å². The molecule has 1 atom stereocenters. The lowest BCUT2D eigenvalue weighted by Crippen LogP contribution is -2.51. The van der Waals surface area contributed by atoms with Gasteiger partial charge in [-0.3, -0.25) is 9.59 Å². The number of carbonyl (C=O) groups is 2. The first-order valence-electron chi connectivity index (χ1n) is 8.14. The summed E-state index contributed by atoms with van der Waals surface area (Å²) in [6.07, 6.45) is 0.844. The van der Waals surface area contributed by atoms with Crippen molar-refractivity contribution in [2.45, 2.75) is 25.4 Å². The van der Waals surface area contributed by atoms with Crippen molar-refractivity contribution in [1.82, 2.24) is 4.90 Å². The molecule has 0 saturated carbocycles. The normalized spacial score (nSPS) is 22.6. The van der Waals surface area contributed by atoms with Crippen LogP contribution in [0.15, 0.2) is 18.2 Å². The van der Waals surface area contributed by atoms with E-state index in [0.29, 0.717) is 35.3 Å². The molecule has 0 aromatic heterocycles. The van der Waals surface area contributed by atoms with Gasteiger partial charge in [0.25, 0.3) is 0 Å². The minimum absolute atomic E-state index is 0.202. The van der Waals surface area contributed by atoms with Crippen LogP contribution in [-0.4, -0.2) is 54.3 Å². The van der Waals surface area contributed by atoms with E-state index in [0.717, 1.165) is 0 Å². The zero-order valence-corrected chi connectivity index (χ0v) is 15.1. The molecule has 3 rings (SSSR count). The van der Waals surface area contributed by atoms with E-state index in [4.69, 9.17) is 32.7 Å². The first-order chi connectivity index (χ1) is 11.9. The lowest BCUT2D eigenvalue weighted by atomic mass is 9.79. The van der Waals surface area contributed by atoms with Gasteiger partial charge < -0.3 is 19.5 Å². The SMILES string of the molecule is O=C(O)C1(C(=O)N2CCC(Oc3ccc(Cl)c(Cl)c3)C2)CCOCC1. The molecule has 8 heteroatoms. The number of hydrogen-bond acceptors (Lipinski definition) is 4. The van der Waals surface area contributed by atoms with Crippen LogP contribution in [0, 0.1) is 5.41 Å². The van der Waals surface area contributed by atoms with E-state index in [-0.39, 0.29) is 38.1 Å². The Morgan fingerprint density at radius 2 is 1.96 bits per heavy atom. The van der Waals surface area contributed by atoms with Crippen molar-refractivity contribution < 1.29 is 24.2 Å². The zero-order valence-electron chi connectivity index (χ0n) is 13.5. The van der Waals surface area contributed by atoms with Crippen molar-refractivity contribution >= 4 is 35.1 Å². The highest BCUT2D eigenvalue weighted by Gasteiger charge is 2.50. The highest BCUT2D eigenvalue weighted by Crippen LogP contribution is 2.35. The summed E-state index contributed by atoms with van der Waals surface area (Å²) in [6.45, 7) is 1.40. The Balaban J connectivity index is 1.66. The Morgan fingerprint density at radius 3 is 2.60 bits per heavy atom. The van der Waals surface area contributed by atoms with Crippen LogP contribution < -0.4 is 4.74 Å². The number of carbonyl (C=O) groups excluding carboxylic acids is 1. The van der Waals surface area contributed by atoms with Crippen molar-refractivity contribution in [2.24, 2.45) is 5.41 Å². The first kappa shape index (κ1) is 18.3. The Bertz CT molecular complexity index is 675. The third-order valence-electron chi connectivity index (χ3n) is 4.79. The second kappa shape index (κ2) is 7.40. The lowest BCUT2D eigenvalue weighted by Gasteiger charge is -2.34. The van der Waals surface area contributed by atoms with Gasteiger partial charge in [0.05, 0.1) is 16.6 Å². The molecule has 0 spiro atoms. The van der Waals surface area contributed by atoms with Gasteiger partial charge in [0, 0.05) is 32.2 Å². The quantitative estimate of drug-likeness (QED) is 0.803. The van der Waals surface area contributed by atoms with Gasteiger partial charge in [-0.25, -0.2) is 0 Å². The number of hydrogen-bond donors (Lipinski definition) is 1. The van der Waals surface area contributed by atoms with Crippen molar-refractivity contribution in [1.29, 1.82) is 0 Å². The van der Waals surface area contributed by atoms with Gasteiger partial charge in [-0.1, -0.05) is 23.2 Å². The topological polar surface area (TPSA) is 76.1 Å². The molecule has 0 bridgehead atoms. The van der Waals surface area contributed by atoms with E-state index in [9.17, 15) is 14.7 Å². The van der Waals surface area contributed by atoms with Crippen molar-refractivity contribution in [3.63, 3.8) is 0 Å². The number of amides is 1. The number of halogens is 2. The molecule has 2 aliphatic heterocycles. The number of benzene rings is 1. The monoisotopic (exact) mass is 387 g/mol. The van der Waals surface area contributed by atoms with E-state index in [1.807, 2.05) is 0 Å². The molecule has 1 aromatic carbocycles. The molecular weight excluding hydrogens is 369 g/mol. The van der Waals surface area contributed by atoms with Crippen molar-refractivity contribution in [3.05, 3.63) is 28.2 Å². The maximum Gasteiger partial charge on any atom is 0.319 e. The largest absolute Gasteiger partial charge is 0.488 e. The van der Waals surface area contributed by atoms with Gasteiger partial charge in [-0.15, -0.1) is 0 Å². The summed E-state index contributed by atoms with van der Waals surface area (Å²) in [6, 6.07) is 5.00. The fourth-order valence-electron chi connectivity index (χ4n) is 3.29. The van der Waals surface area contributed by atoms with Crippen LogP contribution in [0.2, 0.25) is 10.0 Å². The maximum atomic E-state index is 12.9. The average Bonchev–Trinajstić information content (AvgIpc) is 3.06. The summed E-state index contributed by atoms with van der Waals surface area (Å²) in [5.74, 6) is -0.842. The van der Waals surface area contributed by atoms with Crippen LogP contribution in [0.3, 0.4) is 0 Å². The highest BCUT2D eigenvalue weighted by molar-refractivity contribution is 6.42. The predicted molar refractivity (Wildman–Crippen MR) is 92.2 cm³/mol. The number of likely N-dealkylation sites (tertiary alicyclic amines) is 1. The van der Waals surface area contributed by atoms with Crippen molar-refractivity contribution in [3.8, 4) is 5.75 Å². The van der Waals surface area contributed by atoms with Crippen molar-refractivity contribution in [2.75, 3.05) is 26.3 Å². The number of carboxylic acids is 1. The number of nitrogens with zero attached hydrogens (tertiary/aromatic N) is 1. The maximum absolute atomic E-state index is 12.9. The molecule has 0 aliphatic carbocycles. The van der Waals surface area contributed by atoms with Crippen LogP contribution in [0.5, 0.6) is 5.75 Å². The molecule has 2 saturated heterocycles. The fraction of sp³-hybridized carbons (Fsp3) is 0.529. The van der Waals surface area contributed by atoms with Gasteiger partial charge in [0.1, 0.15) is 11.9 Å². The summed E-state index contributed by atoms with van der Waals surface area (Å²) in [7, 11) is 0. The molecule has 25 heavy (non-hydrogen) atoms. The Morgan fingerprint density at radius 1 is 1.24 bits per heavy atom. The summed E-state index contributed by atoms with van der Waals surface area (Å²) < 4.78 is 11.1.